The Morgan fingerprint density at radius 1 is 0.379 bits per heavy atom. The Bertz CT molecular complexity index is 982. The maximum atomic E-state index is 12.5. The van der Waals surface area contributed by atoms with E-state index in [4.69, 9.17) is 0 Å². The fraction of sp³-hybridized carbons (Fsp3) is 0.918. The molecule has 0 spiro atoms. The highest BCUT2D eigenvalue weighted by atomic mass is 16.3. The van der Waals surface area contributed by atoms with Crippen molar-refractivity contribution in [2.45, 2.75) is 353 Å². The van der Waals surface area contributed by atoms with Gasteiger partial charge in [-0.15, -0.1) is 0 Å². The summed E-state index contributed by atoms with van der Waals surface area (Å²) in [4.78, 5) is 12.5. The highest BCUT2D eigenvalue weighted by Gasteiger charge is 2.20. The summed E-state index contributed by atoms with van der Waals surface area (Å²) >= 11 is 0. The lowest BCUT2D eigenvalue weighted by Crippen LogP contribution is -2.45. The van der Waals surface area contributed by atoms with Gasteiger partial charge in [0.25, 0.3) is 0 Å². The van der Waals surface area contributed by atoms with Crippen LogP contribution in [0.3, 0.4) is 0 Å². The Morgan fingerprint density at radius 3 is 0.970 bits per heavy atom. The van der Waals surface area contributed by atoms with Crippen molar-refractivity contribution in [2.75, 3.05) is 6.61 Å². The molecule has 4 N–H and O–H groups in total. The van der Waals surface area contributed by atoms with Crippen molar-refractivity contribution in [2.24, 2.45) is 0 Å². The number of allylic oxidation sites excluding steroid dienone is 3. The maximum Gasteiger partial charge on any atom is 0.222 e. The van der Waals surface area contributed by atoms with Gasteiger partial charge >= 0.3 is 0 Å². The van der Waals surface area contributed by atoms with Crippen LogP contribution in [0.25, 0.3) is 0 Å². The predicted molar refractivity (Wildman–Crippen MR) is 292 cm³/mol. The van der Waals surface area contributed by atoms with E-state index in [9.17, 15) is 20.1 Å². The number of nitrogens with one attached hydrogen (secondary N) is 1. The molecule has 0 saturated heterocycles. The first-order valence-electron chi connectivity index (χ1n) is 30.1. The SMILES string of the molecule is CCCCCCCCCCCCCCCC/C=C/CC/C=C/C(O)C(CO)NC(=O)CC(O)CCCCCCCCCCCCCCCCCCCCCCCCCCCCCCCCC. The van der Waals surface area contributed by atoms with Gasteiger partial charge in [-0.2, -0.15) is 0 Å². The van der Waals surface area contributed by atoms with Crippen LogP contribution in [0, 0.1) is 0 Å². The van der Waals surface area contributed by atoms with Crippen molar-refractivity contribution >= 4 is 5.91 Å². The summed E-state index contributed by atoms with van der Waals surface area (Å²) < 4.78 is 0. The average molecular weight is 931 g/mol. The summed E-state index contributed by atoms with van der Waals surface area (Å²) in [7, 11) is 0. The molecule has 0 aliphatic rings. The Labute approximate surface area is 413 Å². The van der Waals surface area contributed by atoms with Gasteiger partial charge in [-0.1, -0.05) is 321 Å². The Balaban J connectivity index is 3.52. The molecule has 0 aliphatic carbocycles. The number of rotatable bonds is 56. The van der Waals surface area contributed by atoms with Gasteiger partial charge in [0.15, 0.2) is 0 Å². The summed E-state index contributed by atoms with van der Waals surface area (Å²) in [6, 6.07) is -0.759. The van der Waals surface area contributed by atoms with Crippen LogP contribution >= 0.6 is 0 Å². The van der Waals surface area contributed by atoms with Crippen LogP contribution in [-0.2, 0) is 4.79 Å². The molecule has 0 heterocycles. The fourth-order valence-electron chi connectivity index (χ4n) is 9.66. The van der Waals surface area contributed by atoms with Gasteiger partial charge < -0.3 is 20.6 Å². The first-order valence-corrected chi connectivity index (χ1v) is 30.1. The molecule has 3 unspecified atom stereocenters. The summed E-state index contributed by atoms with van der Waals surface area (Å²) in [5.74, 6) is -0.318. The molecule has 66 heavy (non-hydrogen) atoms. The number of aliphatic hydroxyl groups is 3. The van der Waals surface area contributed by atoms with Crippen LogP contribution < -0.4 is 5.32 Å². The van der Waals surface area contributed by atoms with E-state index in [1.165, 1.54) is 276 Å². The minimum atomic E-state index is -0.950. The predicted octanol–water partition coefficient (Wildman–Crippen LogP) is 18.8. The second-order valence-corrected chi connectivity index (χ2v) is 21.0. The minimum absolute atomic E-state index is 0.0105. The standard InChI is InChI=1S/C61H119NO4/c1-3-5-7-9-11-13-15-17-19-21-23-25-26-27-28-29-30-31-32-33-34-35-36-38-40-42-44-46-48-50-52-54-58(64)56-61(66)62-59(57-63)60(65)55-53-51-49-47-45-43-41-39-37-24-22-20-18-16-14-12-10-8-6-4-2/h45,47,53,55,58-60,63-65H,3-44,46,48-52,54,56-57H2,1-2H3,(H,62,66)/b47-45+,55-53+. The number of aliphatic hydroxyl groups excluding tert-OH is 3. The Morgan fingerprint density at radius 2 is 0.652 bits per heavy atom. The molecule has 0 bridgehead atoms. The molecule has 0 aliphatic heterocycles. The Kier molecular flexibility index (Phi) is 55.4. The molecule has 0 aromatic carbocycles. The first-order chi connectivity index (χ1) is 32.5. The van der Waals surface area contributed by atoms with E-state index in [0.717, 1.165) is 32.1 Å². The van der Waals surface area contributed by atoms with Crippen molar-refractivity contribution in [3.05, 3.63) is 24.3 Å². The summed E-state index contributed by atoms with van der Waals surface area (Å²) in [6.07, 6.45) is 72.5. The molecule has 392 valence electrons. The fourth-order valence-corrected chi connectivity index (χ4v) is 9.66. The lowest BCUT2D eigenvalue weighted by Gasteiger charge is -2.21. The highest BCUT2D eigenvalue weighted by molar-refractivity contribution is 5.76. The molecule has 5 heteroatoms. The number of carbonyl (C=O) groups excluding carboxylic acids is 1. The lowest BCUT2D eigenvalue weighted by molar-refractivity contribution is -0.124. The zero-order chi connectivity index (χ0) is 47.9. The summed E-state index contributed by atoms with van der Waals surface area (Å²) in [6.45, 7) is 4.24. The third-order valence-corrected chi connectivity index (χ3v) is 14.2. The number of unbranched alkanes of at least 4 members (excludes halogenated alkanes) is 45. The maximum absolute atomic E-state index is 12.5. The van der Waals surface area contributed by atoms with Gasteiger partial charge in [-0.05, 0) is 32.1 Å². The van der Waals surface area contributed by atoms with E-state index < -0.39 is 18.2 Å². The zero-order valence-corrected chi connectivity index (χ0v) is 44.9. The monoisotopic (exact) mass is 930 g/mol. The van der Waals surface area contributed by atoms with Gasteiger partial charge in [-0.25, -0.2) is 0 Å². The van der Waals surface area contributed by atoms with Crippen LogP contribution in [0.1, 0.15) is 335 Å². The van der Waals surface area contributed by atoms with Gasteiger partial charge in [0, 0.05) is 0 Å². The molecule has 0 fully saturated rings. The zero-order valence-electron chi connectivity index (χ0n) is 44.9. The van der Waals surface area contributed by atoms with Crippen molar-refractivity contribution in [3.63, 3.8) is 0 Å². The lowest BCUT2D eigenvalue weighted by atomic mass is 10.0. The van der Waals surface area contributed by atoms with Crippen LogP contribution in [0.4, 0.5) is 0 Å². The van der Waals surface area contributed by atoms with Crippen molar-refractivity contribution in [1.29, 1.82) is 0 Å². The molecular formula is C61H119NO4. The Hall–Kier alpha value is -1.17. The van der Waals surface area contributed by atoms with E-state index >= 15 is 0 Å². The van der Waals surface area contributed by atoms with Gasteiger partial charge in [-0.3, -0.25) is 4.79 Å². The molecule has 0 aromatic rings. The third kappa shape index (κ3) is 52.2. The van der Waals surface area contributed by atoms with Crippen LogP contribution in [0.2, 0.25) is 0 Å². The number of hydrogen-bond acceptors (Lipinski definition) is 4. The second-order valence-electron chi connectivity index (χ2n) is 21.0. The number of amides is 1. The van der Waals surface area contributed by atoms with E-state index in [2.05, 4.69) is 31.3 Å². The summed E-state index contributed by atoms with van der Waals surface area (Å²) in [5.41, 5.74) is 0. The first kappa shape index (κ1) is 64.8. The smallest absolute Gasteiger partial charge is 0.222 e. The summed E-state index contributed by atoms with van der Waals surface area (Å²) in [5, 5.41) is 33.5. The van der Waals surface area contributed by atoms with Gasteiger partial charge in [0.2, 0.25) is 5.91 Å². The normalized spacial score (nSPS) is 13.3. The van der Waals surface area contributed by atoms with Crippen LogP contribution in [0.15, 0.2) is 24.3 Å². The molecule has 0 aromatic heterocycles. The van der Waals surface area contributed by atoms with E-state index in [1.807, 2.05) is 6.08 Å². The third-order valence-electron chi connectivity index (χ3n) is 14.2. The van der Waals surface area contributed by atoms with Crippen molar-refractivity contribution < 1.29 is 20.1 Å². The topological polar surface area (TPSA) is 89.8 Å². The molecule has 5 nitrogen and oxygen atoms in total. The van der Waals surface area contributed by atoms with E-state index in [0.29, 0.717) is 6.42 Å². The molecule has 3 atom stereocenters. The molecule has 0 rings (SSSR count). The minimum Gasteiger partial charge on any atom is -0.394 e. The van der Waals surface area contributed by atoms with Crippen LogP contribution in [0.5, 0.6) is 0 Å². The van der Waals surface area contributed by atoms with Crippen molar-refractivity contribution in [3.8, 4) is 0 Å². The molecule has 0 radical (unpaired) electrons. The van der Waals surface area contributed by atoms with Gasteiger partial charge in [0.1, 0.15) is 0 Å². The highest BCUT2D eigenvalue weighted by Crippen LogP contribution is 2.18. The largest absolute Gasteiger partial charge is 0.394 e. The van der Waals surface area contributed by atoms with Gasteiger partial charge in [0.05, 0.1) is 31.3 Å². The number of carbonyl (C=O) groups is 1. The van der Waals surface area contributed by atoms with E-state index in [-0.39, 0.29) is 18.9 Å². The second kappa shape index (κ2) is 56.4. The number of hydrogen-bond donors (Lipinski definition) is 4. The average Bonchev–Trinajstić information content (AvgIpc) is 3.31. The van der Waals surface area contributed by atoms with Crippen LogP contribution in [-0.4, -0.2) is 46.1 Å². The molecule has 1 amide bonds. The molecule has 0 saturated carbocycles. The van der Waals surface area contributed by atoms with Crippen molar-refractivity contribution in [1.82, 2.24) is 5.32 Å². The van der Waals surface area contributed by atoms with E-state index in [1.54, 1.807) is 6.08 Å². The quantitative estimate of drug-likeness (QED) is 0.0361. The molecular weight excluding hydrogens is 811 g/mol.